The van der Waals surface area contributed by atoms with Crippen LogP contribution in [0.5, 0.6) is 5.75 Å². The molecule has 5 atom stereocenters. The molecule has 1 aliphatic rings. The van der Waals surface area contributed by atoms with Crippen molar-refractivity contribution < 1.29 is 47.6 Å². The Kier molecular flexibility index (Phi) is 9.04. The summed E-state index contributed by atoms with van der Waals surface area (Å²) in [6, 6.07) is 7.02. The van der Waals surface area contributed by atoms with E-state index in [-0.39, 0.29) is 6.61 Å². The van der Waals surface area contributed by atoms with Crippen molar-refractivity contribution in [2.45, 2.75) is 58.4 Å². The molecule has 170 valence electrons. The van der Waals surface area contributed by atoms with E-state index in [2.05, 4.69) is 22.6 Å². The maximum absolute atomic E-state index is 11.8. The molecule has 2 rings (SSSR count). The van der Waals surface area contributed by atoms with Gasteiger partial charge in [-0.05, 0) is 34.7 Å². The van der Waals surface area contributed by atoms with Crippen LogP contribution in [0.4, 0.5) is 0 Å². The molecule has 1 aliphatic heterocycles. The Balaban J connectivity index is 2.46. The second-order valence-corrected chi connectivity index (χ2v) is 7.78. The highest BCUT2D eigenvalue weighted by Crippen LogP contribution is 2.32. The lowest BCUT2D eigenvalue weighted by Crippen LogP contribution is -2.63. The predicted molar refractivity (Wildman–Crippen MR) is 112 cm³/mol. The van der Waals surface area contributed by atoms with E-state index in [1.807, 2.05) is 6.07 Å². The summed E-state index contributed by atoms with van der Waals surface area (Å²) in [5.74, 6) is -2.27. The van der Waals surface area contributed by atoms with E-state index in [1.165, 1.54) is 13.8 Å². The molecule has 1 aromatic rings. The van der Waals surface area contributed by atoms with Gasteiger partial charge >= 0.3 is 23.9 Å². The van der Waals surface area contributed by atoms with Crippen molar-refractivity contribution in [3.8, 4) is 5.75 Å². The third kappa shape index (κ3) is 7.35. The number of carbonyl (C=O) groups is 4. The number of hydrogen-bond donors (Lipinski definition) is 0. The molecule has 0 aliphatic carbocycles. The Hall–Kier alpha value is -2.41. The Morgan fingerprint density at radius 2 is 1.39 bits per heavy atom. The summed E-state index contributed by atoms with van der Waals surface area (Å²) < 4.78 is 33.6. The molecule has 0 N–H and O–H groups in total. The van der Waals surface area contributed by atoms with Crippen molar-refractivity contribution in [2.24, 2.45) is 0 Å². The van der Waals surface area contributed by atoms with E-state index in [4.69, 9.17) is 28.4 Å². The summed E-state index contributed by atoms with van der Waals surface area (Å²) in [7, 11) is 0. The van der Waals surface area contributed by atoms with Gasteiger partial charge in [-0.25, -0.2) is 0 Å². The summed E-state index contributed by atoms with van der Waals surface area (Å²) in [5.41, 5.74) is 0. The van der Waals surface area contributed by atoms with Crippen LogP contribution in [0.3, 0.4) is 0 Å². The van der Waals surface area contributed by atoms with Crippen LogP contribution in [0.25, 0.3) is 0 Å². The van der Waals surface area contributed by atoms with Gasteiger partial charge in [0.15, 0.2) is 12.2 Å². The van der Waals surface area contributed by atoms with Crippen molar-refractivity contribution in [1.29, 1.82) is 0 Å². The Morgan fingerprint density at radius 3 is 1.94 bits per heavy atom. The number of hydrogen-bond acceptors (Lipinski definition) is 10. The lowest BCUT2D eigenvalue weighted by molar-refractivity contribution is -0.288. The third-order valence-corrected chi connectivity index (χ3v) is 4.92. The van der Waals surface area contributed by atoms with Crippen molar-refractivity contribution in [3.63, 3.8) is 0 Å². The molecule has 1 heterocycles. The first-order chi connectivity index (χ1) is 14.6. The first kappa shape index (κ1) is 24.9. The summed E-state index contributed by atoms with van der Waals surface area (Å²) in [6.07, 6.45) is -6.08. The lowest BCUT2D eigenvalue weighted by atomic mass is 9.98. The number of benzene rings is 1. The topological polar surface area (TPSA) is 124 Å². The zero-order valence-electron chi connectivity index (χ0n) is 17.4. The monoisotopic (exact) mass is 550 g/mol. The van der Waals surface area contributed by atoms with E-state index in [9.17, 15) is 19.2 Å². The number of carbonyl (C=O) groups excluding carboxylic acids is 4. The average molecular weight is 550 g/mol. The van der Waals surface area contributed by atoms with E-state index in [1.54, 1.807) is 18.2 Å². The minimum absolute atomic E-state index is 0.316. The van der Waals surface area contributed by atoms with Crippen LogP contribution in [0.15, 0.2) is 24.3 Å². The van der Waals surface area contributed by atoms with Gasteiger partial charge in [-0.15, -0.1) is 0 Å². The third-order valence-electron chi connectivity index (χ3n) is 4.03. The summed E-state index contributed by atoms with van der Waals surface area (Å²) in [5, 5.41) is 0. The number of esters is 4. The van der Waals surface area contributed by atoms with Crippen LogP contribution in [0, 0.1) is 3.57 Å². The molecule has 0 bridgehead atoms. The summed E-state index contributed by atoms with van der Waals surface area (Å²) in [6.45, 7) is 4.37. The second-order valence-electron chi connectivity index (χ2n) is 6.62. The fourth-order valence-electron chi connectivity index (χ4n) is 2.95. The zero-order chi connectivity index (χ0) is 23.1. The van der Waals surface area contributed by atoms with Crippen LogP contribution in [0.2, 0.25) is 0 Å². The van der Waals surface area contributed by atoms with Gasteiger partial charge in [-0.2, -0.15) is 0 Å². The maximum atomic E-state index is 11.8. The number of para-hydroxylation sites is 1. The fourth-order valence-corrected chi connectivity index (χ4v) is 3.46. The minimum atomic E-state index is -1.27. The molecule has 10 nitrogen and oxygen atoms in total. The van der Waals surface area contributed by atoms with Gasteiger partial charge in [0, 0.05) is 27.7 Å². The van der Waals surface area contributed by atoms with Gasteiger partial charge in [-0.3, -0.25) is 19.2 Å². The number of halogens is 1. The van der Waals surface area contributed by atoms with E-state index >= 15 is 0 Å². The van der Waals surface area contributed by atoms with E-state index < -0.39 is 54.6 Å². The van der Waals surface area contributed by atoms with Crippen molar-refractivity contribution in [3.05, 3.63) is 27.8 Å². The Labute approximate surface area is 192 Å². The highest BCUT2D eigenvalue weighted by atomic mass is 127. The highest BCUT2D eigenvalue weighted by Gasteiger charge is 2.53. The first-order valence-corrected chi connectivity index (χ1v) is 10.4. The zero-order valence-corrected chi connectivity index (χ0v) is 19.5. The lowest BCUT2D eigenvalue weighted by Gasteiger charge is -2.44. The predicted octanol–water partition coefficient (Wildman–Crippen LogP) is 1.75. The second kappa shape index (κ2) is 11.3. The molecule has 1 aromatic carbocycles. The molecule has 31 heavy (non-hydrogen) atoms. The van der Waals surface area contributed by atoms with Gasteiger partial charge < -0.3 is 28.4 Å². The van der Waals surface area contributed by atoms with Crippen molar-refractivity contribution >= 4 is 46.5 Å². The Morgan fingerprint density at radius 1 is 0.839 bits per heavy atom. The van der Waals surface area contributed by atoms with Gasteiger partial charge in [0.2, 0.25) is 12.4 Å². The standard InChI is InChI=1S/C20H23IO10/c1-10(22)26-9-16-17(27-11(2)23)18(28-12(3)24)19(29-13(4)25)20(31-16)30-15-8-6-5-7-14(15)21/h5-8,16-20H,9H2,1-4H3/t16?,17-,18?,19?,20-/m1/s1. The van der Waals surface area contributed by atoms with E-state index in [0.29, 0.717) is 5.75 Å². The van der Waals surface area contributed by atoms with Crippen LogP contribution in [-0.4, -0.2) is 61.2 Å². The van der Waals surface area contributed by atoms with Crippen LogP contribution >= 0.6 is 22.6 Å². The van der Waals surface area contributed by atoms with E-state index in [0.717, 1.165) is 17.4 Å². The molecule has 0 aromatic heterocycles. The fraction of sp³-hybridized carbons (Fsp3) is 0.500. The van der Waals surface area contributed by atoms with Crippen LogP contribution < -0.4 is 4.74 Å². The van der Waals surface area contributed by atoms with Gasteiger partial charge in [0.25, 0.3) is 0 Å². The van der Waals surface area contributed by atoms with Crippen molar-refractivity contribution in [2.75, 3.05) is 6.61 Å². The molecular weight excluding hydrogens is 527 g/mol. The van der Waals surface area contributed by atoms with Crippen molar-refractivity contribution in [1.82, 2.24) is 0 Å². The SMILES string of the molecule is CC(=O)OCC1O[C@@H](Oc2ccccc2I)C(OC(C)=O)C(OC(C)=O)[C@@H]1OC(C)=O. The molecule has 1 saturated heterocycles. The quantitative estimate of drug-likeness (QED) is 0.282. The molecule has 11 heteroatoms. The summed E-state index contributed by atoms with van der Waals surface area (Å²) >= 11 is 2.05. The molecule has 3 unspecified atom stereocenters. The van der Waals surface area contributed by atoms with Gasteiger partial charge in [0.1, 0.15) is 18.5 Å². The smallest absolute Gasteiger partial charge is 0.303 e. The highest BCUT2D eigenvalue weighted by molar-refractivity contribution is 14.1. The van der Waals surface area contributed by atoms with Gasteiger partial charge in [0.05, 0.1) is 3.57 Å². The largest absolute Gasteiger partial charge is 0.463 e. The van der Waals surface area contributed by atoms with Crippen LogP contribution in [-0.2, 0) is 42.9 Å². The molecular formula is C20H23IO10. The minimum Gasteiger partial charge on any atom is -0.463 e. The molecule has 0 saturated carbocycles. The first-order valence-electron chi connectivity index (χ1n) is 9.30. The number of ether oxygens (including phenoxy) is 6. The molecule has 0 spiro atoms. The Bertz CT molecular complexity index is 826. The average Bonchev–Trinajstić information content (AvgIpc) is 2.65. The molecule has 0 radical (unpaired) electrons. The molecule has 1 fully saturated rings. The van der Waals surface area contributed by atoms with Gasteiger partial charge in [-0.1, -0.05) is 12.1 Å². The normalized spacial score (nSPS) is 25.1. The van der Waals surface area contributed by atoms with Crippen LogP contribution in [0.1, 0.15) is 27.7 Å². The maximum Gasteiger partial charge on any atom is 0.303 e. The summed E-state index contributed by atoms with van der Waals surface area (Å²) in [4.78, 5) is 46.6. The molecule has 0 amide bonds. The number of rotatable bonds is 7.